The van der Waals surface area contributed by atoms with Crippen molar-refractivity contribution >= 4 is 0 Å². The van der Waals surface area contributed by atoms with Crippen LogP contribution in [0.1, 0.15) is 0 Å². The summed E-state index contributed by atoms with van der Waals surface area (Å²) in [4.78, 5) is 0. The summed E-state index contributed by atoms with van der Waals surface area (Å²) in [6, 6.07) is 20.1. The van der Waals surface area contributed by atoms with Crippen molar-refractivity contribution in [1.82, 2.24) is 0 Å². The van der Waals surface area contributed by atoms with Gasteiger partial charge in [-0.15, -0.1) is 12.1 Å². The molecule has 0 fully saturated rings. The van der Waals surface area contributed by atoms with Crippen molar-refractivity contribution in [3.05, 3.63) is 60.7 Å². The number of para-hydroxylation sites is 1. The van der Waals surface area contributed by atoms with E-state index in [0.717, 1.165) is 11.5 Å². The van der Waals surface area contributed by atoms with E-state index in [1.165, 1.54) is 0 Å². The smallest absolute Gasteiger partial charge is 1.00 e. The Morgan fingerprint density at radius 2 is 1.44 bits per heavy atom. The summed E-state index contributed by atoms with van der Waals surface area (Å²) in [7, 11) is 0. The molecule has 2 rings (SSSR count). The fourth-order valence-corrected chi connectivity index (χ4v) is 1.06. The molecule has 0 N–H and O–H groups in total. The van der Waals surface area contributed by atoms with E-state index in [1.807, 2.05) is 54.6 Å². The van der Waals surface area contributed by atoms with Gasteiger partial charge in [0.2, 0.25) is 0 Å². The third-order valence-corrected chi connectivity index (χ3v) is 1.66. The summed E-state index contributed by atoms with van der Waals surface area (Å²) in [5.74, 6) is 1.66. The molecule has 0 aliphatic heterocycles. The molecule has 0 saturated heterocycles. The van der Waals surface area contributed by atoms with E-state index in [1.54, 1.807) is 0 Å². The average Bonchev–Trinajstić information content (AvgIpc) is 2.21. The second-order valence-corrected chi connectivity index (χ2v) is 2.65. The fourth-order valence-electron chi connectivity index (χ4n) is 1.06. The first-order valence-electron chi connectivity index (χ1n) is 4.14. The Labute approximate surface area is 127 Å². The molecule has 0 unspecified atom stereocenters. The van der Waals surface area contributed by atoms with Crippen LogP contribution >= 0.6 is 0 Å². The maximum atomic E-state index is 5.55. The van der Waals surface area contributed by atoms with Gasteiger partial charge in [-0.25, -0.2) is 0 Å². The van der Waals surface area contributed by atoms with E-state index in [4.69, 9.17) is 4.74 Å². The van der Waals surface area contributed by atoms with Crippen molar-refractivity contribution in [1.29, 1.82) is 0 Å². The van der Waals surface area contributed by atoms with Crippen LogP contribution < -0.4 is 29.6 Å². The van der Waals surface area contributed by atoms with Crippen LogP contribution in [-0.4, -0.2) is 0 Å². The molecule has 0 spiro atoms. The number of hydrogen-bond acceptors (Lipinski definition) is 1. The van der Waals surface area contributed by atoms with Crippen molar-refractivity contribution in [2.75, 3.05) is 0 Å². The third kappa shape index (κ3) is 5.70. The Morgan fingerprint density at radius 3 is 2.00 bits per heavy atom. The van der Waals surface area contributed by atoms with Crippen molar-refractivity contribution in [3.8, 4) is 11.5 Å². The first-order chi connectivity index (χ1) is 6.45. The van der Waals surface area contributed by atoms with Gasteiger partial charge in [-0.2, -0.15) is 18.2 Å². The van der Waals surface area contributed by atoms with E-state index < -0.39 is 0 Å². The van der Waals surface area contributed by atoms with E-state index in [-0.39, 0.29) is 51.0 Å². The molecule has 0 aromatic heterocycles. The fraction of sp³-hybridized carbons (Fsp3) is 0. The SMILES string of the molecule is [Cl-].[Cl-].[Zr+3].[c-]1cccc(Oc2ccccc2)c1. The average molecular weight is 331 g/mol. The molecule has 81 valence electrons. The largest absolute Gasteiger partial charge is 3.00 e. The van der Waals surface area contributed by atoms with Crippen molar-refractivity contribution in [3.63, 3.8) is 0 Å². The van der Waals surface area contributed by atoms with Gasteiger partial charge in [-0.05, 0) is 12.1 Å². The van der Waals surface area contributed by atoms with Gasteiger partial charge >= 0.3 is 26.2 Å². The summed E-state index contributed by atoms with van der Waals surface area (Å²) in [6.07, 6.45) is 0. The molecule has 0 aliphatic rings. The Bertz CT molecular complexity index is 330. The minimum Gasteiger partial charge on any atom is -1.00 e. The maximum absolute atomic E-state index is 5.55. The number of rotatable bonds is 2. The first kappa shape index (κ1) is 18.1. The van der Waals surface area contributed by atoms with Crippen LogP contribution in [0.25, 0.3) is 0 Å². The number of benzene rings is 2. The molecule has 2 aromatic carbocycles. The van der Waals surface area contributed by atoms with Crippen molar-refractivity contribution in [2.45, 2.75) is 0 Å². The summed E-state index contributed by atoms with van der Waals surface area (Å²) < 4.78 is 5.55. The van der Waals surface area contributed by atoms with Crippen LogP contribution in [0.5, 0.6) is 11.5 Å². The summed E-state index contributed by atoms with van der Waals surface area (Å²) >= 11 is 0. The number of hydrogen-bond donors (Lipinski definition) is 0. The van der Waals surface area contributed by atoms with Crippen LogP contribution in [0.15, 0.2) is 54.6 Å². The monoisotopic (exact) mass is 329 g/mol. The predicted molar refractivity (Wildman–Crippen MR) is 51.8 cm³/mol. The maximum Gasteiger partial charge on any atom is 3.00 e. The van der Waals surface area contributed by atoms with Gasteiger partial charge in [0, 0.05) is 5.75 Å². The van der Waals surface area contributed by atoms with Crippen LogP contribution in [0.2, 0.25) is 0 Å². The van der Waals surface area contributed by atoms with Gasteiger partial charge in [0.15, 0.2) is 0 Å². The number of ether oxygens (including phenoxy) is 1. The minimum absolute atomic E-state index is 0. The van der Waals surface area contributed by atoms with E-state index in [0.29, 0.717) is 0 Å². The molecule has 0 heterocycles. The molecule has 0 atom stereocenters. The number of halogens is 2. The molecule has 0 amide bonds. The van der Waals surface area contributed by atoms with E-state index in [9.17, 15) is 0 Å². The van der Waals surface area contributed by atoms with Crippen LogP contribution in [-0.2, 0) is 26.2 Å². The van der Waals surface area contributed by atoms with E-state index >= 15 is 0 Å². The van der Waals surface area contributed by atoms with E-state index in [2.05, 4.69) is 6.07 Å². The van der Waals surface area contributed by atoms with Crippen molar-refractivity contribution in [2.24, 2.45) is 0 Å². The van der Waals surface area contributed by atoms with Gasteiger partial charge in [0.25, 0.3) is 0 Å². The zero-order valence-electron chi connectivity index (χ0n) is 8.36. The van der Waals surface area contributed by atoms with Gasteiger partial charge < -0.3 is 29.6 Å². The molecular formula is C12H9Cl2OZr. The van der Waals surface area contributed by atoms with Gasteiger partial charge in [-0.3, -0.25) is 0 Å². The van der Waals surface area contributed by atoms with Crippen molar-refractivity contribution < 1.29 is 55.8 Å². The summed E-state index contributed by atoms with van der Waals surface area (Å²) in [5.41, 5.74) is 0. The van der Waals surface area contributed by atoms with Gasteiger partial charge in [0.05, 0.1) is 0 Å². The summed E-state index contributed by atoms with van der Waals surface area (Å²) in [5, 5.41) is 0. The van der Waals surface area contributed by atoms with Gasteiger partial charge in [0.1, 0.15) is 5.75 Å². The van der Waals surface area contributed by atoms with Crippen LogP contribution in [0.3, 0.4) is 0 Å². The second-order valence-electron chi connectivity index (χ2n) is 2.65. The van der Waals surface area contributed by atoms with Crippen LogP contribution in [0, 0.1) is 6.07 Å². The zero-order chi connectivity index (χ0) is 8.93. The molecule has 1 nitrogen and oxygen atoms in total. The first-order valence-corrected chi connectivity index (χ1v) is 4.14. The minimum atomic E-state index is 0. The molecule has 2 aromatic rings. The topological polar surface area (TPSA) is 9.23 Å². The predicted octanol–water partition coefficient (Wildman–Crippen LogP) is -2.72. The standard InChI is InChI=1S/C12H9O.2ClH.Zr/c1-3-7-11(8-4-1)13-12-9-5-2-6-10-12;;;/h1-5,7-10H;2*1H;/q-1;;;+3/p-2. The molecule has 4 heteroatoms. The normalized spacial score (nSPS) is 7.75. The molecular weight excluding hydrogens is 322 g/mol. The third-order valence-electron chi connectivity index (χ3n) is 1.66. The Balaban J connectivity index is 0. The molecule has 0 saturated carbocycles. The Kier molecular flexibility index (Phi) is 11.2. The Morgan fingerprint density at radius 1 is 0.812 bits per heavy atom. The molecule has 16 heavy (non-hydrogen) atoms. The van der Waals surface area contributed by atoms with Gasteiger partial charge in [-0.1, -0.05) is 18.2 Å². The zero-order valence-corrected chi connectivity index (χ0v) is 12.3. The quantitative estimate of drug-likeness (QED) is 0.544. The van der Waals surface area contributed by atoms with Crippen LogP contribution in [0.4, 0.5) is 0 Å². The molecule has 0 bridgehead atoms. The summed E-state index contributed by atoms with van der Waals surface area (Å²) in [6.45, 7) is 0. The second kappa shape index (κ2) is 9.90. The molecule has 1 radical (unpaired) electrons. The molecule has 0 aliphatic carbocycles. The Hall–Kier alpha value is -0.297.